The van der Waals surface area contributed by atoms with Gasteiger partial charge in [-0.25, -0.2) is 0 Å². The number of nitrogens with one attached hydrogen (secondary N) is 1. The standard InChI is InChI=1S/C14H21N3O2/c1-16(2)14(8-3-9-14)11-15-10-12-4-6-13(7-5-12)17(18)19/h4-7,15H,3,8-11H2,1-2H3. The molecule has 1 aliphatic rings. The molecule has 5 nitrogen and oxygen atoms in total. The van der Waals surface area contributed by atoms with Crippen LogP contribution in [0.1, 0.15) is 24.8 Å². The first-order valence-electron chi connectivity index (χ1n) is 6.65. The highest BCUT2D eigenvalue weighted by Crippen LogP contribution is 2.35. The van der Waals surface area contributed by atoms with Crippen molar-refractivity contribution < 1.29 is 4.92 Å². The van der Waals surface area contributed by atoms with Gasteiger partial charge in [-0.3, -0.25) is 10.1 Å². The van der Waals surface area contributed by atoms with Crippen molar-refractivity contribution in [3.05, 3.63) is 39.9 Å². The highest BCUT2D eigenvalue weighted by molar-refractivity contribution is 5.32. The first-order valence-corrected chi connectivity index (χ1v) is 6.65. The minimum Gasteiger partial charge on any atom is -0.311 e. The van der Waals surface area contributed by atoms with Crippen molar-refractivity contribution in [1.29, 1.82) is 0 Å². The Hall–Kier alpha value is -1.46. The van der Waals surface area contributed by atoms with Crippen LogP contribution < -0.4 is 5.32 Å². The maximum atomic E-state index is 10.6. The van der Waals surface area contributed by atoms with Crippen LogP contribution in [0.15, 0.2) is 24.3 Å². The molecule has 0 aromatic heterocycles. The largest absolute Gasteiger partial charge is 0.311 e. The molecule has 0 spiro atoms. The van der Waals surface area contributed by atoms with Gasteiger partial charge in [0.2, 0.25) is 0 Å². The molecule has 0 saturated heterocycles. The van der Waals surface area contributed by atoms with Crippen LogP contribution in [0.3, 0.4) is 0 Å². The van der Waals surface area contributed by atoms with Crippen molar-refractivity contribution >= 4 is 5.69 Å². The number of nitro groups is 1. The van der Waals surface area contributed by atoms with E-state index in [0.717, 1.165) is 18.7 Å². The fourth-order valence-corrected chi connectivity index (χ4v) is 2.54. The lowest BCUT2D eigenvalue weighted by Gasteiger charge is -2.47. The Morgan fingerprint density at radius 2 is 1.95 bits per heavy atom. The summed E-state index contributed by atoms with van der Waals surface area (Å²) in [6.07, 6.45) is 3.79. The quantitative estimate of drug-likeness (QED) is 0.631. The van der Waals surface area contributed by atoms with E-state index in [1.165, 1.54) is 19.3 Å². The lowest BCUT2D eigenvalue weighted by Crippen LogP contribution is -2.56. The predicted molar refractivity (Wildman–Crippen MR) is 75.1 cm³/mol. The van der Waals surface area contributed by atoms with Crippen molar-refractivity contribution in [2.75, 3.05) is 20.6 Å². The smallest absolute Gasteiger partial charge is 0.269 e. The Morgan fingerprint density at radius 3 is 2.37 bits per heavy atom. The van der Waals surface area contributed by atoms with Gasteiger partial charge in [0.15, 0.2) is 0 Å². The molecular formula is C14H21N3O2. The van der Waals surface area contributed by atoms with Crippen molar-refractivity contribution in [3.8, 4) is 0 Å². The van der Waals surface area contributed by atoms with Gasteiger partial charge in [-0.05, 0) is 38.9 Å². The Balaban J connectivity index is 1.84. The zero-order chi connectivity index (χ0) is 13.9. The number of likely N-dealkylation sites (N-methyl/N-ethyl adjacent to an activating group) is 1. The zero-order valence-corrected chi connectivity index (χ0v) is 11.6. The third-order valence-corrected chi connectivity index (χ3v) is 4.16. The average molecular weight is 263 g/mol. The molecule has 5 heteroatoms. The highest BCUT2D eigenvalue weighted by Gasteiger charge is 2.38. The summed E-state index contributed by atoms with van der Waals surface area (Å²) in [5, 5.41) is 14.0. The fourth-order valence-electron chi connectivity index (χ4n) is 2.54. The van der Waals surface area contributed by atoms with Gasteiger partial charge in [0.25, 0.3) is 5.69 Å². The summed E-state index contributed by atoms with van der Waals surface area (Å²) < 4.78 is 0. The van der Waals surface area contributed by atoms with Gasteiger partial charge < -0.3 is 10.2 Å². The Labute approximate surface area is 113 Å². The summed E-state index contributed by atoms with van der Waals surface area (Å²) in [5.41, 5.74) is 1.53. The molecule has 1 fully saturated rings. The third kappa shape index (κ3) is 3.11. The Morgan fingerprint density at radius 1 is 1.32 bits per heavy atom. The molecule has 0 radical (unpaired) electrons. The van der Waals surface area contributed by atoms with Gasteiger partial charge >= 0.3 is 0 Å². The molecule has 1 aromatic rings. The molecule has 0 bridgehead atoms. The fraction of sp³-hybridized carbons (Fsp3) is 0.571. The van der Waals surface area contributed by atoms with Gasteiger partial charge in [0, 0.05) is 30.8 Å². The SMILES string of the molecule is CN(C)C1(CNCc2ccc([N+](=O)[O-])cc2)CCC1. The Kier molecular flexibility index (Phi) is 4.17. The van der Waals surface area contributed by atoms with Crippen LogP contribution in [-0.2, 0) is 6.54 Å². The van der Waals surface area contributed by atoms with Crippen molar-refractivity contribution in [1.82, 2.24) is 10.2 Å². The molecule has 1 aliphatic carbocycles. The van der Waals surface area contributed by atoms with E-state index in [2.05, 4.69) is 24.3 Å². The van der Waals surface area contributed by atoms with Gasteiger partial charge in [0.05, 0.1) is 4.92 Å². The molecule has 0 unspecified atom stereocenters. The number of hydrogen-bond donors (Lipinski definition) is 1. The number of benzene rings is 1. The van der Waals surface area contributed by atoms with Crippen molar-refractivity contribution in [3.63, 3.8) is 0 Å². The third-order valence-electron chi connectivity index (χ3n) is 4.16. The van der Waals surface area contributed by atoms with E-state index in [0.29, 0.717) is 5.54 Å². The number of nitro benzene ring substituents is 1. The summed E-state index contributed by atoms with van der Waals surface area (Å²) in [6.45, 7) is 1.73. The molecule has 1 aromatic carbocycles. The summed E-state index contributed by atoms with van der Waals surface area (Å²) in [5.74, 6) is 0. The summed E-state index contributed by atoms with van der Waals surface area (Å²) in [6, 6.07) is 6.74. The van der Waals surface area contributed by atoms with Crippen LogP contribution in [0.4, 0.5) is 5.69 Å². The van der Waals surface area contributed by atoms with Crippen LogP contribution in [0, 0.1) is 10.1 Å². The molecule has 104 valence electrons. The molecule has 0 atom stereocenters. The maximum Gasteiger partial charge on any atom is 0.269 e. The van der Waals surface area contributed by atoms with E-state index in [9.17, 15) is 10.1 Å². The van der Waals surface area contributed by atoms with Crippen molar-refractivity contribution in [2.24, 2.45) is 0 Å². The van der Waals surface area contributed by atoms with E-state index >= 15 is 0 Å². The normalized spacial score (nSPS) is 17.2. The first-order chi connectivity index (χ1) is 9.03. The zero-order valence-electron chi connectivity index (χ0n) is 11.6. The van der Waals surface area contributed by atoms with Crippen molar-refractivity contribution in [2.45, 2.75) is 31.3 Å². The molecular weight excluding hydrogens is 242 g/mol. The molecule has 2 rings (SSSR count). The minimum atomic E-state index is -0.368. The van der Waals surface area contributed by atoms with Crippen LogP contribution in [0.5, 0.6) is 0 Å². The Bertz CT molecular complexity index is 439. The van der Waals surface area contributed by atoms with Crippen LogP contribution in [-0.4, -0.2) is 36.0 Å². The highest BCUT2D eigenvalue weighted by atomic mass is 16.6. The average Bonchev–Trinajstić information content (AvgIpc) is 2.32. The molecule has 0 heterocycles. The van der Waals surface area contributed by atoms with E-state index < -0.39 is 0 Å². The summed E-state index contributed by atoms with van der Waals surface area (Å²) >= 11 is 0. The number of nitrogens with zero attached hydrogens (tertiary/aromatic N) is 2. The summed E-state index contributed by atoms with van der Waals surface area (Å²) in [7, 11) is 4.26. The number of rotatable bonds is 6. The molecule has 0 amide bonds. The summed E-state index contributed by atoms with van der Waals surface area (Å²) in [4.78, 5) is 12.5. The van der Waals surface area contributed by atoms with E-state index in [1.54, 1.807) is 12.1 Å². The van der Waals surface area contributed by atoms with Gasteiger partial charge in [-0.2, -0.15) is 0 Å². The van der Waals surface area contributed by atoms with Gasteiger partial charge in [0.1, 0.15) is 0 Å². The second kappa shape index (κ2) is 5.67. The molecule has 0 aliphatic heterocycles. The first kappa shape index (κ1) is 14.0. The van der Waals surface area contributed by atoms with E-state index in [1.807, 2.05) is 12.1 Å². The molecule has 1 N–H and O–H groups in total. The number of hydrogen-bond acceptors (Lipinski definition) is 4. The minimum absolute atomic E-state index is 0.146. The maximum absolute atomic E-state index is 10.6. The van der Waals surface area contributed by atoms with Crippen LogP contribution >= 0.6 is 0 Å². The van der Waals surface area contributed by atoms with E-state index in [4.69, 9.17) is 0 Å². The van der Waals surface area contributed by atoms with Gasteiger partial charge in [-0.1, -0.05) is 12.1 Å². The second-order valence-electron chi connectivity index (χ2n) is 5.50. The molecule has 1 saturated carbocycles. The molecule has 19 heavy (non-hydrogen) atoms. The lowest BCUT2D eigenvalue weighted by atomic mass is 9.75. The number of non-ortho nitro benzene ring substituents is 1. The monoisotopic (exact) mass is 263 g/mol. The topological polar surface area (TPSA) is 58.4 Å². The van der Waals surface area contributed by atoms with Crippen LogP contribution in [0.25, 0.3) is 0 Å². The van der Waals surface area contributed by atoms with Crippen LogP contribution in [0.2, 0.25) is 0 Å². The van der Waals surface area contributed by atoms with Gasteiger partial charge in [-0.15, -0.1) is 0 Å². The lowest BCUT2D eigenvalue weighted by molar-refractivity contribution is -0.384. The van der Waals surface area contributed by atoms with E-state index in [-0.39, 0.29) is 10.6 Å². The second-order valence-corrected chi connectivity index (χ2v) is 5.50. The predicted octanol–water partition coefficient (Wildman–Crippen LogP) is 2.17.